The number of hydrogen-bond acceptors (Lipinski definition) is 3. The van der Waals surface area contributed by atoms with Crippen LogP contribution in [0.1, 0.15) is 25.8 Å². The zero-order valence-corrected chi connectivity index (χ0v) is 11.0. The molecule has 1 aromatic rings. The van der Waals surface area contributed by atoms with Crippen LogP contribution in [0, 0.1) is 18.3 Å². The van der Waals surface area contributed by atoms with Gasteiger partial charge >= 0.3 is 0 Å². The fourth-order valence-electron chi connectivity index (χ4n) is 1.31. The molecule has 0 spiro atoms. The minimum absolute atomic E-state index is 0.187. The van der Waals surface area contributed by atoms with Crippen LogP contribution >= 0.6 is 0 Å². The summed E-state index contributed by atoms with van der Waals surface area (Å²) in [5.41, 5.74) is -0.203. The van der Waals surface area contributed by atoms with Crippen molar-refractivity contribution in [2.45, 2.75) is 37.6 Å². The van der Waals surface area contributed by atoms with Crippen molar-refractivity contribution in [3.05, 3.63) is 29.8 Å². The van der Waals surface area contributed by atoms with Gasteiger partial charge in [-0.3, -0.25) is 0 Å². The van der Waals surface area contributed by atoms with Crippen LogP contribution < -0.4 is 4.72 Å². The van der Waals surface area contributed by atoms with E-state index in [0.717, 1.165) is 5.56 Å². The van der Waals surface area contributed by atoms with Gasteiger partial charge in [0.15, 0.2) is 0 Å². The maximum absolute atomic E-state index is 12.1. The summed E-state index contributed by atoms with van der Waals surface area (Å²) in [5.74, 6) is 0. The van der Waals surface area contributed by atoms with Crippen LogP contribution in [-0.2, 0) is 10.0 Å². The SMILES string of the molecule is CCC(C)(C#N)NS(=O)(=O)c1cccc(C)c1. The molecule has 0 aliphatic rings. The second-order valence-electron chi connectivity index (χ2n) is 4.22. The van der Waals surface area contributed by atoms with Crippen molar-refractivity contribution in [2.24, 2.45) is 0 Å². The highest BCUT2D eigenvalue weighted by Crippen LogP contribution is 2.16. The van der Waals surface area contributed by atoms with Gasteiger partial charge in [0.2, 0.25) is 10.0 Å². The van der Waals surface area contributed by atoms with E-state index in [0.29, 0.717) is 6.42 Å². The number of rotatable bonds is 4. The Morgan fingerprint density at radius 1 is 1.47 bits per heavy atom. The molecule has 5 heteroatoms. The molecule has 0 amide bonds. The normalized spacial score (nSPS) is 14.9. The summed E-state index contributed by atoms with van der Waals surface area (Å²) >= 11 is 0. The molecule has 1 unspecified atom stereocenters. The molecule has 92 valence electrons. The van der Waals surface area contributed by atoms with Gasteiger partial charge in [-0.25, -0.2) is 8.42 Å². The molecule has 1 N–H and O–H groups in total. The largest absolute Gasteiger partial charge is 0.241 e. The molecular weight excluding hydrogens is 236 g/mol. The standard InChI is InChI=1S/C12H16N2O2S/c1-4-12(3,9-13)14-17(15,16)11-7-5-6-10(2)8-11/h5-8,14H,4H2,1-3H3. The van der Waals surface area contributed by atoms with E-state index in [9.17, 15) is 8.42 Å². The molecule has 17 heavy (non-hydrogen) atoms. The van der Waals surface area contributed by atoms with Crippen LogP contribution in [0.15, 0.2) is 29.2 Å². The minimum atomic E-state index is -3.64. The van der Waals surface area contributed by atoms with E-state index in [4.69, 9.17) is 5.26 Å². The molecule has 0 fully saturated rings. The molecule has 0 aromatic heterocycles. The molecule has 0 saturated heterocycles. The lowest BCUT2D eigenvalue weighted by Crippen LogP contribution is -2.44. The number of nitrogens with one attached hydrogen (secondary N) is 1. The Morgan fingerprint density at radius 2 is 2.12 bits per heavy atom. The number of nitrogens with zero attached hydrogens (tertiary/aromatic N) is 1. The summed E-state index contributed by atoms with van der Waals surface area (Å²) < 4.78 is 26.5. The van der Waals surface area contributed by atoms with Crippen molar-refractivity contribution in [3.8, 4) is 6.07 Å². The van der Waals surface area contributed by atoms with Crippen molar-refractivity contribution < 1.29 is 8.42 Å². The minimum Gasteiger partial charge on any atom is -0.207 e. The molecule has 1 aromatic carbocycles. The predicted molar refractivity (Wildman–Crippen MR) is 65.8 cm³/mol. The summed E-state index contributed by atoms with van der Waals surface area (Å²) in [4.78, 5) is 0.187. The second kappa shape index (κ2) is 4.86. The number of aryl methyl sites for hydroxylation is 1. The van der Waals surface area contributed by atoms with Gasteiger partial charge in [0.25, 0.3) is 0 Å². The van der Waals surface area contributed by atoms with Crippen LogP contribution in [0.2, 0.25) is 0 Å². The van der Waals surface area contributed by atoms with E-state index < -0.39 is 15.6 Å². The van der Waals surface area contributed by atoms with E-state index in [1.807, 2.05) is 19.1 Å². The molecule has 0 heterocycles. The first-order valence-corrected chi connectivity index (χ1v) is 6.83. The fourth-order valence-corrected chi connectivity index (χ4v) is 2.81. The summed E-state index contributed by atoms with van der Waals surface area (Å²) in [5, 5.41) is 8.97. The van der Waals surface area contributed by atoms with Crippen molar-refractivity contribution >= 4 is 10.0 Å². The van der Waals surface area contributed by atoms with Gasteiger partial charge in [-0.05, 0) is 38.0 Å². The Bertz CT molecular complexity index is 546. The van der Waals surface area contributed by atoms with Crippen molar-refractivity contribution in [2.75, 3.05) is 0 Å². The highest BCUT2D eigenvalue weighted by molar-refractivity contribution is 7.89. The molecular formula is C12H16N2O2S. The first kappa shape index (κ1) is 13.7. The molecule has 0 bridgehead atoms. The summed E-state index contributed by atoms with van der Waals surface area (Å²) in [6.07, 6.45) is 0.411. The highest BCUT2D eigenvalue weighted by Gasteiger charge is 2.28. The van der Waals surface area contributed by atoms with Gasteiger partial charge in [0.05, 0.1) is 11.0 Å². The van der Waals surface area contributed by atoms with Crippen molar-refractivity contribution in [1.29, 1.82) is 5.26 Å². The molecule has 0 aliphatic heterocycles. The molecule has 1 rings (SSSR count). The molecule has 0 saturated carbocycles. The van der Waals surface area contributed by atoms with Gasteiger partial charge in [0, 0.05) is 0 Å². The Balaban J connectivity index is 3.10. The number of benzene rings is 1. The molecule has 0 radical (unpaired) electrons. The van der Waals surface area contributed by atoms with E-state index >= 15 is 0 Å². The smallest absolute Gasteiger partial charge is 0.207 e. The third-order valence-electron chi connectivity index (χ3n) is 2.61. The summed E-state index contributed by atoms with van der Waals surface area (Å²) in [6, 6.07) is 8.58. The Hall–Kier alpha value is -1.38. The predicted octanol–water partition coefficient (Wildman–Crippen LogP) is 1.97. The van der Waals surface area contributed by atoms with Crippen LogP contribution in [0.25, 0.3) is 0 Å². The van der Waals surface area contributed by atoms with Gasteiger partial charge in [-0.1, -0.05) is 19.1 Å². The topological polar surface area (TPSA) is 70.0 Å². The quantitative estimate of drug-likeness (QED) is 0.890. The van der Waals surface area contributed by atoms with E-state index in [-0.39, 0.29) is 4.90 Å². The molecule has 4 nitrogen and oxygen atoms in total. The van der Waals surface area contributed by atoms with E-state index in [2.05, 4.69) is 4.72 Å². The number of nitriles is 1. The Morgan fingerprint density at radius 3 is 2.59 bits per heavy atom. The number of sulfonamides is 1. The fraction of sp³-hybridized carbons (Fsp3) is 0.417. The monoisotopic (exact) mass is 252 g/mol. The van der Waals surface area contributed by atoms with Crippen molar-refractivity contribution in [3.63, 3.8) is 0 Å². The lowest BCUT2D eigenvalue weighted by Gasteiger charge is -2.21. The molecule has 1 atom stereocenters. The third-order valence-corrected chi connectivity index (χ3v) is 4.21. The lowest BCUT2D eigenvalue weighted by molar-refractivity contribution is 0.495. The number of hydrogen-bond donors (Lipinski definition) is 1. The average Bonchev–Trinajstić information content (AvgIpc) is 2.28. The van der Waals surface area contributed by atoms with E-state index in [1.165, 1.54) is 6.07 Å². The van der Waals surface area contributed by atoms with Crippen molar-refractivity contribution in [1.82, 2.24) is 4.72 Å². The second-order valence-corrected chi connectivity index (χ2v) is 5.90. The molecule has 0 aliphatic carbocycles. The Labute approximate surface area is 102 Å². The first-order chi connectivity index (χ1) is 7.83. The van der Waals surface area contributed by atoms with Crippen LogP contribution in [-0.4, -0.2) is 14.0 Å². The van der Waals surface area contributed by atoms with Gasteiger partial charge in [0.1, 0.15) is 5.54 Å². The van der Waals surface area contributed by atoms with Crippen LogP contribution in [0.3, 0.4) is 0 Å². The highest BCUT2D eigenvalue weighted by atomic mass is 32.2. The van der Waals surface area contributed by atoms with E-state index in [1.54, 1.807) is 26.0 Å². The lowest BCUT2D eigenvalue weighted by atomic mass is 10.0. The third kappa shape index (κ3) is 3.29. The Kier molecular flexibility index (Phi) is 3.91. The summed E-state index contributed by atoms with van der Waals surface area (Å²) in [7, 11) is -3.64. The first-order valence-electron chi connectivity index (χ1n) is 5.35. The van der Waals surface area contributed by atoms with Gasteiger partial charge < -0.3 is 0 Å². The van der Waals surface area contributed by atoms with Gasteiger partial charge in [-0.2, -0.15) is 9.98 Å². The summed E-state index contributed by atoms with van der Waals surface area (Å²) in [6.45, 7) is 5.16. The van der Waals surface area contributed by atoms with Crippen LogP contribution in [0.5, 0.6) is 0 Å². The zero-order chi connectivity index (χ0) is 13.1. The van der Waals surface area contributed by atoms with Gasteiger partial charge in [-0.15, -0.1) is 0 Å². The maximum atomic E-state index is 12.1. The zero-order valence-electron chi connectivity index (χ0n) is 10.2. The maximum Gasteiger partial charge on any atom is 0.241 e. The average molecular weight is 252 g/mol. The van der Waals surface area contributed by atoms with Crippen LogP contribution in [0.4, 0.5) is 0 Å².